The second-order valence-corrected chi connectivity index (χ2v) is 8.56. The van der Waals surface area contributed by atoms with E-state index < -0.39 is 5.54 Å². The first kappa shape index (κ1) is 19.7. The molecule has 1 fully saturated rings. The fourth-order valence-electron chi connectivity index (χ4n) is 5.36. The van der Waals surface area contributed by atoms with Gasteiger partial charge in [-0.05, 0) is 31.0 Å². The Balaban J connectivity index is 1.78. The molecule has 1 unspecified atom stereocenters. The average Bonchev–Trinajstić information content (AvgIpc) is 3.18. The summed E-state index contributed by atoms with van der Waals surface area (Å²) >= 11 is 0. The molecule has 31 heavy (non-hydrogen) atoms. The summed E-state index contributed by atoms with van der Waals surface area (Å²) < 4.78 is 5.67. The molecule has 3 aromatic rings. The van der Waals surface area contributed by atoms with E-state index in [4.69, 9.17) is 4.74 Å². The van der Waals surface area contributed by atoms with Crippen molar-refractivity contribution in [2.24, 2.45) is 0 Å². The van der Waals surface area contributed by atoms with E-state index >= 15 is 0 Å². The number of piperazine rings is 1. The van der Waals surface area contributed by atoms with Crippen molar-refractivity contribution in [1.82, 2.24) is 14.8 Å². The van der Waals surface area contributed by atoms with E-state index in [-0.39, 0.29) is 24.3 Å². The zero-order valence-corrected chi connectivity index (χ0v) is 18.1. The van der Waals surface area contributed by atoms with Crippen LogP contribution in [0.4, 0.5) is 0 Å². The van der Waals surface area contributed by atoms with Crippen LogP contribution in [0.1, 0.15) is 43.0 Å². The number of carbonyl (C=O) groups is 2. The minimum absolute atomic E-state index is 0.0137. The molecule has 6 heteroatoms. The summed E-state index contributed by atoms with van der Waals surface area (Å²) in [7, 11) is 1.67. The molecule has 160 valence electrons. The topological polar surface area (TPSA) is 65.6 Å². The highest BCUT2D eigenvalue weighted by atomic mass is 16.5. The minimum Gasteiger partial charge on any atom is -0.496 e. The Morgan fingerprint density at radius 2 is 1.87 bits per heavy atom. The quantitative estimate of drug-likeness (QED) is 0.705. The molecule has 2 amide bonds. The summed E-state index contributed by atoms with van der Waals surface area (Å²) in [6.45, 7) is 5.08. The van der Waals surface area contributed by atoms with Crippen molar-refractivity contribution < 1.29 is 14.3 Å². The number of amides is 2. The van der Waals surface area contributed by atoms with Crippen molar-refractivity contribution >= 4 is 22.7 Å². The lowest BCUT2D eigenvalue weighted by molar-refractivity contribution is -0.166. The Kier molecular flexibility index (Phi) is 4.54. The number of hydrogen-bond donors (Lipinski definition) is 1. The molecule has 6 nitrogen and oxygen atoms in total. The monoisotopic (exact) mass is 417 g/mol. The number of para-hydroxylation sites is 2. The summed E-state index contributed by atoms with van der Waals surface area (Å²) in [4.78, 5) is 34.0. The van der Waals surface area contributed by atoms with Crippen LogP contribution in [0.15, 0.2) is 48.5 Å². The minimum atomic E-state index is -1.04. The van der Waals surface area contributed by atoms with E-state index in [1.807, 2.05) is 50.2 Å². The average molecular weight is 418 g/mol. The first-order valence-corrected chi connectivity index (χ1v) is 10.8. The smallest absolute Gasteiger partial charge is 0.254 e. The standard InChI is InChI=1S/C25H27N3O3/c1-4-13-27-15-21(29)28-14-18(16-9-6-8-12-20(16)31-3)22-17-10-5-7-11-19(17)26-23(22)25(28,2)24(27)30/h5-12,18,26H,4,13-15H2,1-3H3/t18?,25-/m0/s1. The number of ether oxygens (including phenoxy) is 1. The zero-order chi connectivity index (χ0) is 21.8. The van der Waals surface area contributed by atoms with Gasteiger partial charge in [0.1, 0.15) is 5.75 Å². The Hall–Kier alpha value is -3.28. The maximum atomic E-state index is 13.7. The van der Waals surface area contributed by atoms with Crippen LogP contribution in [0.25, 0.3) is 10.9 Å². The SMILES string of the molecule is CCCN1CC(=O)N2CC(c3ccccc3OC)c3c([nH]c4ccccc34)[C@@]2(C)C1=O. The molecule has 0 aliphatic carbocycles. The van der Waals surface area contributed by atoms with Crippen LogP contribution >= 0.6 is 0 Å². The van der Waals surface area contributed by atoms with E-state index in [2.05, 4.69) is 17.1 Å². The molecule has 0 radical (unpaired) electrons. The molecule has 5 rings (SSSR count). The molecule has 1 N–H and O–H groups in total. The van der Waals surface area contributed by atoms with Gasteiger partial charge in [-0.3, -0.25) is 9.59 Å². The first-order valence-electron chi connectivity index (χ1n) is 10.8. The van der Waals surface area contributed by atoms with E-state index in [1.165, 1.54) is 0 Å². The zero-order valence-electron chi connectivity index (χ0n) is 18.1. The molecule has 2 aromatic carbocycles. The molecule has 1 aromatic heterocycles. The Bertz CT molecular complexity index is 1180. The van der Waals surface area contributed by atoms with Gasteiger partial charge in [-0.2, -0.15) is 0 Å². The predicted molar refractivity (Wildman–Crippen MR) is 119 cm³/mol. The highest BCUT2D eigenvalue weighted by Gasteiger charge is 2.56. The van der Waals surface area contributed by atoms with Crippen LogP contribution in [-0.4, -0.2) is 53.3 Å². The highest BCUT2D eigenvalue weighted by molar-refractivity contribution is 6.01. The number of fused-ring (bicyclic) bond motifs is 5. The summed E-state index contributed by atoms with van der Waals surface area (Å²) in [5, 5.41) is 1.09. The predicted octanol–water partition coefficient (Wildman–Crippen LogP) is 3.62. The molecular weight excluding hydrogens is 390 g/mol. The molecule has 2 atom stereocenters. The third kappa shape index (κ3) is 2.70. The van der Waals surface area contributed by atoms with Gasteiger partial charge in [-0.25, -0.2) is 0 Å². The van der Waals surface area contributed by atoms with Gasteiger partial charge in [0.2, 0.25) is 5.91 Å². The number of nitrogens with zero attached hydrogens (tertiary/aromatic N) is 2. The van der Waals surface area contributed by atoms with Gasteiger partial charge in [0.15, 0.2) is 5.54 Å². The summed E-state index contributed by atoms with van der Waals surface area (Å²) in [6.07, 6.45) is 0.818. The second-order valence-electron chi connectivity index (χ2n) is 8.56. The van der Waals surface area contributed by atoms with Gasteiger partial charge in [0.05, 0.1) is 19.3 Å². The van der Waals surface area contributed by atoms with Gasteiger partial charge in [-0.1, -0.05) is 43.3 Å². The molecule has 3 heterocycles. The van der Waals surface area contributed by atoms with Crippen LogP contribution < -0.4 is 4.74 Å². The highest BCUT2D eigenvalue weighted by Crippen LogP contribution is 2.49. The normalized spacial score (nSPS) is 23.1. The lowest BCUT2D eigenvalue weighted by Crippen LogP contribution is -2.67. The fourth-order valence-corrected chi connectivity index (χ4v) is 5.36. The molecule has 0 bridgehead atoms. The number of methoxy groups -OCH3 is 1. The Morgan fingerprint density at radius 1 is 1.13 bits per heavy atom. The second kappa shape index (κ2) is 7.15. The van der Waals surface area contributed by atoms with E-state index in [1.54, 1.807) is 16.9 Å². The molecule has 0 spiro atoms. The number of rotatable bonds is 4. The number of H-pyrrole nitrogens is 1. The number of aromatic nitrogens is 1. The number of carbonyl (C=O) groups excluding carboxylic acids is 2. The number of nitrogens with one attached hydrogen (secondary N) is 1. The first-order chi connectivity index (χ1) is 15.0. The fraction of sp³-hybridized carbons (Fsp3) is 0.360. The van der Waals surface area contributed by atoms with Crippen molar-refractivity contribution in [1.29, 1.82) is 0 Å². The number of benzene rings is 2. The van der Waals surface area contributed by atoms with Crippen molar-refractivity contribution in [2.45, 2.75) is 31.7 Å². The Labute approximate surface area is 181 Å². The van der Waals surface area contributed by atoms with Gasteiger partial charge in [0, 0.05) is 35.5 Å². The van der Waals surface area contributed by atoms with Gasteiger partial charge >= 0.3 is 0 Å². The number of hydrogen-bond acceptors (Lipinski definition) is 3. The van der Waals surface area contributed by atoms with Crippen LogP contribution in [0.5, 0.6) is 5.75 Å². The van der Waals surface area contributed by atoms with Crippen molar-refractivity contribution in [2.75, 3.05) is 26.7 Å². The summed E-state index contributed by atoms with van der Waals surface area (Å²) in [6, 6.07) is 16.1. The lowest BCUT2D eigenvalue weighted by Gasteiger charge is -2.51. The van der Waals surface area contributed by atoms with Crippen molar-refractivity contribution in [3.8, 4) is 5.75 Å². The maximum absolute atomic E-state index is 13.7. The molecule has 2 aliphatic heterocycles. The third-order valence-corrected chi connectivity index (χ3v) is 6.83. The molecule has 1 saturated heterocycles. The van der Waals surface area contributed by atoms with Crippen LogP contribution in [0.3, 0.4) is 0 Å². The van der Waals surface area contributed by atoms with Crippen LogP contribution in [0, 0.1) is 0 Å². The number of aromatic amines is 1. The van der Waals surface area contributed by atoms with Crippen molar-refractivity contribution in [3.63, 3.8) is 0 Å². The summed E-state index contributed by atoms with van der Waals surface area (Å²) in [5.41, 5.74) is 2.85. The largest absolute Gasteiger partial charge is 0.496 e. The molecular formula is C25H27N3O3. The van der Waals surface area contributed by atoms with E-state index in [0.29, 0.717) is 13.1 Å². The van der Waals surface area contributed by atoms with E-state index in [0.717, 1.165) is 39.9 Å². The van der Waals surface area contributed by atoms with Crippen LogP contribution in [-0.2, 0) is 15.1 Å². The lowest BCUT2D eigenvalue weighted by atomic mass is 9.76. The maximum Gasteiger partial charge on any atom is 0.254 e. The van der Waals surface area contributed by atoms with Gasteiger partial charge < -0.3 is 19.5 Å². The Morgan fingerprint density at radius 3 is 2.65 bits per heavy atom. The summed E-state index contributed by atoms with van der Waals surface area (Å²) in [5.74, 6) is 0.667. The van der Waals surface area contributed by atoms with E-state index in [9.17, 15) is 9.59 Å². The molecule has 0 saturated carbocycles. The van der Waals surface area contributed by atoms with Crippen molar-refractivity contribution in [3.05, 3.63) is 65.4 Å². The molecule has 2 aliphatic rings. The van der Waals surface area contributed by atoms with Gasteiger partial charge in [0.25, 0.3) is 5.91 Å². The van der Waals surface area contributed by atoms with Gasteiger partial charge in [-0.15, -0.1) is 0 Å². The van der Waals surface area contributed by atoms with Crippen LogP contribution in [0.2, 0.25) is 0 Å². The third-order valence-electron chi connectivity index (χ3n) is 6.83.